The molecular weight excluding hydrogens is 675 g/mol. The minimum absolute atomic E-state index is 0.0924. The first kappa shape index (κ1) is 49.0. The number of ether oxygens (including phenoxy) is 4. The molecule has 0 unspecified atom stereocenters. The first-order valence-corrected chi connectivity index (χ1v) is 21.7. The van der Waals surface area contributed by atoms with E-state index < -0.39 is 0 Å². The third-order valence-corrected chi connectivity index (χ3v) is 9.03. The van der Waals surface area contributed by atoms with Gasteiger partial charge in [-0.05, 0) is 122 Å². The molecule has 0 saturated carbocycles. The minimum atomic E-state index is -0.0949. The predicted molar refractivity (Wildman–Crippen MR) is 226 cm³/mol. The van der Waals surface area contributed by atoms with Crippen LogP contribution in [0.2, 0.25) is 0 Å². The van der Waals surface area contributed by atoms with Gasteiger partial charge in [-0.1, -0.05) is 102 Å². The van der Waals surface area contributed by atoms with E-state index in [1.807, 2.05) is 20.2 Å². The van der Waals surface area contributed by atoms with E-state index in [0.717, 1.165) is 101 Å². The summed E-state index contributed by atoms with van der Waals surface area (Å²) in [6, 6.07) is 6.05. The third-order valence-electron chi connectivity index (χ3n) is 9.03. The first-order valence-electron chi connectivity index (χ1n) is 21.7. The molecule has 0 fully saturated rings. The van der Waals surface area contributed by atoms with Gasteiger partial charge in [-0.3, -0.25) is 9.59 Å². The molecule has 54 heavy (non-hydrogen) atoms. The summed E-state index contributed by atoms with van der Waals surface area (Å²) in [6.45, 7) is 7.19. The van der Waals surface area contributed by atoms with Crippen LogP contribution in [0.4, 0.5) is 0 Å². The van der Waals surface area contributed by atoms with Crippen LogP contribution in [0.1, 0.15) is 174 Å². The van der Waals surface area contributed by atoms with Crippen molar-refractivity contribution in [2.75, 3.05) is 40.5 Å². The average Bonchev–Trinajstić information content (AvgIpc) is 3.15. The summed E-state index contributed by atoms with van der Waals surface area (Å²) < 4.78 is 23.0. The molecule has 7 heteroatoms. The standard InChI is InChI=1S/C47H79NO6/c1-5-7-9-11-13-15-16-17-18-19-20-22-24-26-28-34-47(50)54-38-32-30-36-52-45-40-43(42-48(3)4)39-44(41-45)51-35-29-31-37-53-46(49)33-27-25-23-21-14-12-10-8-6-2/h10,12-13,15,17-18,39-41H,5-9,11,14,16,19-38,42H2,1-4H3/b12-10-,15-13-,18-17-. The third kappa shape index (κ3) is 32.4. The van der Waals surface area contributed by atoms with E-state index in [9.17, 15) is 9.59 Å². The van der Waals surface area contributed by atoms with Crippen LogP contribution < -0.4 is 9.47 Å². The highest BCUT2D eigenvalue weighted by Crippen LogP contribution is 2.24. The van der Waals surface area contributed by atoms with Gasteiger partial charge in [-0.15, -0.1) is 0 Å². The van der Waals surface area contributed by atoms with Crippen molar-refractivity contribution in [3.8, 4) is 11.5 Å². The van der Waals surface area contributed by atoms with Gasteiger partial charge in [0.15, 0.2) is 0 Å². The molecular formula is C47H79NO6. The molecule has 7 nitrogen and oxygen atoms in total. The lowest BCUT2D eigenvalue weighted by atomic mass is 10.1. The number of carbonyl (C=O) groups is 2. The topological polar surface area (TPSA) is 74.3 Å². The monoisotopic (exact) mass is 754 g/mol. The molecule has 0 bridgehead atoms. The van der Waals surface area contributed by atoms with E-state index in [-0.39, 0.29) is 11.9 Å². The Morgan fingerprint density at radius 2 is 0.944 bits per heavy atom. The number of nitrogens with zero attached hydrogens (tertiary/aromatic N) is 1. The van der Waals surface area contributed by atoms with E-state index in [2.05, 4.69) is 67.3 Å². The van der Waals surface area contributed by atoms with Crippen LogP contribution in [-0.4, -0.2) is 57.4 Å². The van der Waals surface area contributed by atoms with E-state index in [0.29, 0.717) is 39.3 Å². The van der Waals surface area contributed by atoms with E-state index in [1.165, 1.54) is 64.2 Å². The van der Waals surface area contributed by atoms with Gasteiger partial charge in [0.1, 0.15) is 11.5 Å². The summed E-state index contributed by atoms with van der Waals surface area (Å²) in [7, 11) is 4.08. The number of carbonyl (C=O) groups excluding carboxylic acids is 2. The smallest absolute Gasteiger partial charge is 0.305 e. The number of esters is 2. The zero-order valence-corrected chi connectivity index (χ0v) is 35.1. The number of hydrogen-bond acceptors (Lipinski definition) is 7. The summed E-state index contributed by atoms with van der Waals surface area (Å²) in [5.74, 6) is 1.38. The van der Waals surface area contributed by atoms with Crippen LogP contribution in [0.25, 0.3) is 0 Å². The van der Waals surface area contributed by atoms with Gasteiger partial charge in [0.2, 0.25) is 0 Å². The van der Waals surface area contributed by atoms with Gasteiger partial charge < -0.3 is 23.8 Å². The maximum Gasteiger partial charge on any atom is 0.305 e. The van der Waals surface area contributed by atoms with Gasteiger partial charge >= 0.3 is 11.9 Å². The van der Waals surface area contributed by atoms with Gasteiger partial charge in [-0.2, -0.15) is 0 Å². The zero-order valence-electron chi connectivity index (χ0n) is 35.1. The maximum absolute atomic E-state index is 12.2. The lowest BCUT2D eigenvalue weighted by Gasteiger charge is -2.15. The van der Waals surface area contributed by atoms with E-state index in [4.69, 9.17) is 18.9 Å². The Morgan fingerprint density at radius 3 is 1.44 bits per heavy atom. The minimum Gasteiger partial charge on any atom is -0.493 e. The molecule has 0 spiro atoms. The molecule has 0 radical (unpaired) electrons. The van der Waals surface area contributed by atoms with Crippen molar-refractivity contribution in [2.24, 2.45) is 0 Å². The van der Waals surface area contributed by atoms with Crippen molar-refractivity contribution in [3.05, 3.63) is 60.2 Å². The molecule has 0 heterocycles. The second-order valence-corrected chi connectivity index (χ2v) is 14.8. The summed E-state index contributed by atoms with van der Waals surface area (Å²) in [4.78, 5) is 26.3. The second-order valence-electron chi connectivity index (χ2n) is 14.8. The largest absolute Gasteiger partial charge is 0.493 e. The highest BCUT2D eigenvalue weighted by atomic mass is 16.5. The number of allylic oxidation sites excluding steroid dienone is 6. The highest BCUT2D eigenvalue weighted by Gasteiger charge is 2.07. The summed E-state index contributed by atoms with van der Waals surface area (Å²) in [5.41, 5.74) is 1.12. The molecule has 308 valence electrons. The average molecular weight is 754 g/mol. The van der Waals surface area contributed by atoms with Gasteiger partial charge in [0.25, 0.3) is 0 Å². The Hall–Kier alpha value is -3.06. The molecule has 0 aliphatic rings. The Bertz CT molecular complexity index is 1130. The summed E-state index contributed by atoms with van der Waals surface area (Å²) >= 11 is 0. The van der Waals surface area contributed by atoms with Crippen molar-refractivity contribution >= 4 is 11.9 Å². The highest BCUT2D eigenvalue weighted by molar-refractivity contribution is 5.69. The number of unbranched alkanes of at least 4 members (excludes halogenated alkanes) is 15. The molecule has 0 saturated heterocycles. The Balaban J connectivity index is 2.13. The van der Waals surface area contributed by atoms with Crippen LogP contribution in [0.5, 0.6) is 11.5 Å². The number of rotatable bonds is 37. The van der Waals surface area contributed by atoms with Crippen LogP contribution >= 0.6 is 0 Å². The molecule has 1 rings (SSSR count). The molecule has 1 aromatic carbocycles. The molecule has 1 aromatic rings. The number of hydrogen-bond donors (Lipinski definition) is 0. The van der Waals surface area contributed by atoms with Crippen molar-refractivity contribution < 1.29 is 28.5 Å². The second kappa shape index (κ2) is 36.9. The fraction of sp³-hybridized carbons (Fsp3) is 0.702. The maximum atomic E-state index is 12.2. The Kier molecular flexibility index (Phi) is 33.4. The van der Waals surface area contributed by atoms with Crippen LogP contribution in [0.3, 0.4) is 0 Å². The summed E-state index contributed by atoms with van der Waals surface area (Å²) in [5, 5.41) is 0. The molecule has 0 atom stereocenters. The zero-order chi connectivity index (χ0) is 39.2. The van der Waals surface area contributed by atoms with Gasteiger partial charge in [-0.25, -0.2) is 0 Å². The SMILES string of the molecule is CCC/C=C\CCCCCCC(=O)OCCCCOc1cc(CN(C)C)cc(OCCCCOC(=O)CCCCCCC/C=C\C/C=C\CCCCC)c1. The Morgan fingerprint density at radius 1 is 0.500 bits per heavy atom. The fourth-order valence-electron chi connectivity index (χ4n) is 5.93. The van der Waals surface area contributed by atoms with Crippen molar-refractivity contribution in [1.82, 2.24) is 4.90 Å². The molecule has 0 aliphatic heterocycles. The first-order chi connectivity index (χ1) is 26.4. The van der Waals surface area contributed by atoms with E-state index >= 15 is 0 Å². The van der Waals surface area contributed by atoms with Crippen molar-refractivity contribution in [2.45, 2.75) is 174 Å². The van der Waals surface area contributed by atoms with Crippen LogP contribution in [-0.2, 0) is 25.6 Å². The molecule has 0 amide bonds. The predicted octanol–water partition coefficient (Wildman–Crippen LogP) is 12.7. The Labute approximate surface area is 331 Å². The van der Waals surface area contributed by atoms with E-state index in [1.54, 1.807) is 0 Å². The summed E-state index contributed by atoms with van der Waals surface area (Å²) in [6.07, 6.45) is 38.6. The van der Waals surface area contributed by atoms with Crippen LogP contribution in [0.15, 0.2) is 54.7 Å². The lowest BCUT2D eigenvalue weighted by Crippen LogP contribution is -2.11. The van der Waals surface area contributed by atoms with Crippen molar-refractivity contribution in [1.29, 1.82) is 0 Å². The molecule has 0 aliphatic carbocycles. The van der Waals surface area contributed by atoms with Crippen molar-refractivity contribution in [3.63, 3.8) is 0 Å². The van der Waals surface area contributed by atoms with Gasteiger partial charge in [0, 0.05) is 25.5 Å². The normalized spacial score (nSPS) is 11.7. The van der Waals surface area contributed by atoms with Gasteiger partial charge in [0.05, 0.1) is 26.4 Å². The number of benzene rings is 1. The molecule has 0 N–H and O–H groups in total. The molecule has 0 aromatic heterocycles. The van der Waals surface area contributed by atoms with Crippen LogP contribution in [0, 0.1) is 0 Å². The quantitative estimate of drug-likeness (QED) is 0.0380. The fourth-order valence-corrected chi connectivity index (χ4v) is 5.93. The lowest BCUT2D eigenvalue weighted by molar-refractivity contribution is -0.144.